The van der Waals surface area contributed by atoms with Gasteiger partial charge in [-0.1, -0.05) is 25.0 Å². The molecule has 0 fully saturated rings. The maximum Gasteiger partial charge on any atom is 0.175 e. The van der Waals surface area contributed by atoms with Crippen LogP contribution in [-0.2, 0) is 4.74 Å². The molecule has 0 aromatic carbocycles. The first-order chi connectivity index (χ1) is 10.3. The Labute approximate surface area is 113 Å². The van der Waals surface area contributed by atoms with Crippen molar-refractivity contribution in [2.45, 2.75) is 65.7 Å². The summed E-state index contributed by atoms with van der Waals surface area (Å²) in [5, 5.41) is 9.99. The standard InChI is InChI=1S/C15H24O2/c1-10-8-12(17-13(16)9-10)14-11(2)6-5-7-15(14,3)4/h9,12-13,16H,5-8H2,1-4H3/i1D3,8D2,9D. The van der Waals surface area contributed by atoms with Crippen LogP contribution < -0.4 is 0 Å². The number of allylic oxidation sites excluding steroid dienone is 1. The van der Waals surface area contributed by atoms with Crippen LogP contribution in [0.4, 0.5) is 0 Å². The number of hydrogen-bond acceptors (Lipinski definition) is 2. The number of rotatable bonds is 1. The molecule has 1 N–H and O–H groups in total. The SMILES string of the molecule is [2H]C1=C(C([2H])([2H])[2H])C([2H])([2H])C(C2=C(C)CCCC2(C)C)OC1O. The van der Waals surface area contributed by atoms with Crippen LogP contribution in [0.3, 0.4) is 0 Å². The summed E-state index contributed by atoms with van der Waals surface area (Å²) >= 11 is 0. The van der Waals surface area contributed by atoms with E-state index in [1.54, 1.807) is 0 Å². The van der Waals surface area contributed by atoms with Gasteiger partial charge in [-0.05, 0) is 56.5 Å². The second kappa shape index (κ2) is 4.58. The predicted molar refractivity (Wildman–Crippen MR) is 69.6 cm³/mol. The molecule has 96 valence electrons. The van der Waals surface area contributed by atoms with Gasteiger partial charge in [0.05, 0.1) is 7.47 Å². The van der Waals surface area contributed by atoms with Crippen molar-refractivity contribution in [2.24, 2.45) is 5.41 Å². The highest BCUT2D eigenvalue weighted by atomic mass is 16.6. The molecule has 2 rings (SSSR count). The highest BCUT2D eigenvalue weighted by Gasteiger charge is 2.36. The monoisotopic (exact) mass is 242 g/mol. The summed E-state index contributed by atoms with van der Waals surface area (Å²) < 4.78 is 52.7. The van der Waals surface area contributed by atoms with Gasteiger partial charge in [0.15, 0.2) is 6.29 Å². The molecule has 0 saturated heterocycles. The fraction of sp³-hybridized carbons (Fsp3) is 0.733. The minimum atomic E-state index is -2.79. The van der Waals surface area contributed by atoms with E-state index in [0.29, 0.717) is 5.57 Å². The van der Waals surface area contributed by atoms with Crippen LogP contribution in [0.5, 0.6) is 0 Å². The van der Waals surface area contributed by atoms with E-state index >= 15 is 0 Å². The number of ether oxygens (including phenoxy) is 1. The van der Waals surface area contributed by atoms with Gasteiger partial charge in [-0.15, -0.1) is 0 Å². The Hall–Kier alpha value is -0.600. The Morgan fingerprint density at radius 1 is 1.65 bits per heavy atom. The van der Waals surface area contributed by atoms with Crippen LogP contribution in [0.15, 0.2) is 22.8 Å². The lowest BCUT2D eigenvalue weighted by atomic mass is 9.69. The lowest BCUT2D eigenvalue weighted by Crippen LogP contribution is -2.35. The average Bonchev–Trinajstić information content (AvgIpc) is 2.32. The van der Waals surface area contributed by atoms with Crippen LogP contribution in [0, 0.1) is 5.41 Å². The Balaban J connectivity index is 2.62. The van der Waals surface area contributed by atoms with Crippen molar-refractivity contribution in [3.05, 3.63) is 22.8 Å². The summed E-state index contributed by atoms with van der Waals surface area (Å²) in [4.78, 5) is 0. The zero-order valence-electron chi connectivity index (χ0n) is 16.6. The molecule has 2 nitrogen and oxygen atoms in total. The van der Waals surface area contributed by atoms with Crippen molar-refractivity contribution in [1.29, 1.82) is 0 Å². The molecule has 2 unspecified atom stereocenters. The summed E-state index contributed by atoms with van der Waals surface area (Å²) in [5.41, 5.74) is 0.678. The molecule has 1 heterocycles. The van der Waals surface area contributed by atoms with Crippen molar-refractivity contribution in [3.63, 3.8) is 0 Å². The smallest absolute Gasteiger partial charge is 0.175 e. The average molecular weight is 242 g/mol. The number of aliphatic hydroxyl groups is 1. The van der Waals surface area contributed by atoms with E-state index in [0.717, 1.165) is 24.8 Å². The van der Waals surface area contributed by atoms with Crippen LogP contribution in [-0.4, -0.2) is 17.5 Å². The van der Waals surface area contributed by atoms with Crippen molar-refractivity contribution in [3.8, 4) is 0 Å². The second-order valence-corrected chi connectivity index (χ2v) is 5.46. The van der Waals surface area contributed by atoms with Crippen molar-refractivity contribution >= 4 is 0 Å². The third-order valence-corrected chi connectivity index (χ3v) is 3.61. The lowest BCUT2D eigenvalue weighted by Gasteiger charge is -2.40. The molecule has 0 bridgehead atoms. The summed E-state index contributed by atoms with van der Waals surface area (Å²) in [6.07, 6.45) is -2.68. The highest BCUT2D eigenvalue weighted by Crippen LogP contribution is 2.44. The minimum absolute atomic E-state index is 0.348. The summed E-state index contributed by atoms with van der Waals surface area (Å²) in [7, 11) is 0. The molecule has 0 spiro atoms. The van der Waals surface area contributed by atoms with Gasteiger partial charge in [0.25, 0.3) is 0 Å². The summed E-state index contributed by atoms with van der Waals surface area (Å²) in [5.74, 6) is 0. The molecule has 2 atom stereocenters. The largest absolute Gasteiger partial charge is 0.365 e. The molecule has 0 aromatic heterocycles. The maximum atomic E-state index is 9.99. The first kappa shape index (κ1) is 7.10. The van der Waals surface area contributed by atoms with Crippen molar-refractivity contribution in [1.82, 2.24) is 0 Å². The highest BCUT2D eigenvalue weighted by molar-refractivity contribution is 5.29. The number of hydrogen-bond donors (Lipinski definition) is 1. The molecule has 1 aliphatic heterocycles. The lowest BCUT2D eigenvalue weighted by molar-refractivity contribution is -0.106. The van der Waals surface area contributed by atoms with Crippen LogP contribution in [0.25, 0.3) is 0 Å². The van der Waals surface area contributed by atoms with Gasteiger partial charge in [0, 0.05) is 6.85 Å². The third kappa shape index (κ3) is 2.63. The number of aliphatic hydroxyl groups excluding tert-OH is 1. The second-order valence-electron chi connectivity index (χ2n) is 5.46. The van der Waals surface area contributed by atoms with Gasteiger partial charge in [0.2, 0.25) is 0 Å². The minimum Gasteiger partial charge on any atom is -0.365 e. The normalized spacial score (nSPS) is 43.1. The molecule has 17 heavy (non-hydrogen) atoms. The molecule has 0 radical (unpaired) electrons. The van der Waals surface area contributed by atoms with Gasteiger partial charge < -0.3 is 9.84 Å². The Morgan fingerprint density at radius 3 is 3.06 bits per heavy atom. The zero-order chi connectivity index (χ0) is 17.8. The van der Waals surface area contributed by atoms with Gasteiger partial charge >= 0.3 is 0 Å². The Kier molecular flexibility index (Phi) is 1.91. The quantitative estimate of drug-likeness (QED) is 0.712. The fourth-order valence-corrected chi connectivity index (χ4v) is 2.85. The van der Waals surface area contributed by atoms with Gasteiger partial charge in [0.1, 0.15) is 0 Å². The molecule has 2 heteroatoms. The summed E-state index contributed by atoms with van der Waals surface area (Å²) in [6.45, 7) is 3.06. The molecule has 1 aliphatic carbocycles. The molecule has 2 aliphatic rings. The van der Waals surface area contributed by atoms with E-state index in [9.17, 15) is 5.11 Å². The van der Waals surface area contributed by atoms with E-state index < -0.39 is 37.2 Å². The molecular formula is C15H24O2. The van der Waals surface area contributed by atoms with E-state index in [-0.39, 0.29) is 5.41 Å². The first-order valence-electron chi connectivity index (χ1n) is 9.05. The molecule has 0 saturated carbocycles. The predicted octanol–water partition coefficient (Wildman–Crippen LogP) is 3.57. The van der Waals surface area contributed by atoms with Crippen LogP contribution in [0.1, 0.15) is 61.5 Å². The van der Waals surface area contributed by atoms with E-state index in [1.165, 1.54) is 0 Å². The van der Waals surface area contributed by atoms with Gasteiger partial charge in [-0.2, -0.15) is 0 Å². The fourth-order valence-electron chi connectivity index (χ4n) is 2.85. The third-order valence-electron chi connectivity index (χ3n) is 3.61. The Bertz CT molecular complexity index is 559. The van der Waals surface area contributed by atoms with Crippen molar-refractivity contribution < 1.29 is 18.1 Å². The first-order valence-corrected chi connectivity index (χ1v) is 6.05. The molecular weight excluding hydrogens is 212 g/mol. The maximum absolute atomic E-state index is 9.99. The van der Waals surface area contributed by atoms with Gasteiger partial charge in [-0.25, -0.2) is 0 Å². The van der Waals surface area contributed by atoms with E-state index in [1.807, 2.05) is 20.8 Å². The van der Waals surface area contributed by atoms with E-state index in [4.69, 9.17) is 13.0 Å². The molecule has 0 amide bonds. The zero-order valence-corrected chi connectivity index (χ0v) is 10.6. The van der Waals surface area contributed by atoms with Crippen molar-refractivity contribution in [2.75, 3.05) is 0 Å². The molecule has 0 aromatic rings. The topological polar surface area (TPSA) is 29.5 Å². The summed E-state index contributed by atoms with van der Waals surface area (Å²) in [6, 6.07) is -0.696. The van der Waals surface area contributed by atoms with E-state index in [2.05, 4.69) is 0 Å². The Morgan fingerprint density at radius 2 is 2.41 bits per heavy atom. The van der Waals surface area contributed by atoms with Gasteiger partial charge in [-0.3, -0.25) is 0 Å². The van der Waals surface area contributed by atoms with Crippen LogP contribution in [0.2, 0.25) is 0 Å². The van der Waals surface area contributed by atoms with Crippen LogP contribution >= 0.6 is 0 Å².